The third-order valence-electron chi connectivity index (χ3n) is 2.39. The van der Waals surface area contributed by atoms with Crippen molar-refractivity contribution in [2.24, 2.45) is 0 Å². The fraction of sp³-hybridized carbons (Fsp3) is 0.214. The maximum absolute atomic E-state index is 5.47. The van der Waals surface area contributed by atoms with Crippen LogP contribution in [-0.4, -0.2) is 11.6 Å². The zero-order chi connectivity index (χ0) is 11.4. The summed E-state index contributed by atoms with van der Waals surface area (Å²) in [5.41, 5.74) is 3.29. The average molecular weight is 213 g/mol. The highest BCUT2D eigenvalue weighted by atomic mass is 16.5. The Morgan fingerprint density at radius 1 is 1.12 bits per heavy atom. The van der Waals surface area contributed by atoms with Crippen molar-refractivity contribution in [1.29, 1.82) is 0 Å². The summed E-state index contributed by atoms with van der Waals surface area (Å²) >= 11 is 0. The molecule has 0 aliphatic heterocycles. The van der Waals surface area contributed by atoms with E-state index in [4.69, 9.17) is 4.74 Å². The number of pyridine rings is 1. The van der Waals surface area contributed by atoms with Crippen molar-refractivity contribution < 1.29 is 4.74 Å². The highest BCUT2D eigenvalue weighted by Gasteiger charge is 1.99. The van der Waals surface area contributed by atoms with Crippen LogP contribution in [0.1, 0.15) is 12.6 Å². The number of rotatable bonds is 3. The standard InChI is InChI=1S/C14H15NO/c1-3-16-14-6-4-5-12(9-14)13-8-7-11(2)15-10-13/h4-10H,3H2,1-2H3. The lowest BCUT2D eigenvalue weighted by molar-refractivity contribution is 0.340. The van der Waals surface area contributed by atoms with E-state index < -0.39 is 0 Å². The molecule has 2 rings (SSSR count). The molecule has 0 N–H and O–H groups in total. The lowest BCUT2D eigenvalue weighted by Crippen LogP contribution is -1.91. The summed E-state index contributed by atoms with van der Waals surface area (Å²) in [7, 11) is 0. The van der Waals surface area contributed by atoms with E-state index in [0.29, 0.717) is 6.61 Å². The molecule has 0 aliphatic rings. The van der Waals surface area contributed by atoms with Gasteiger partial charge in [-0.3, -0.25) is 4.98 Å². The molecule has 1 aromatic carbocycles. The van der Waals surface area contributed by atoms with Gasteiger partial charge >= 0.3 is 0 Å². The first kappa shape index (κ1) is 10.7. The van der Waals surface area contributed by atoms with E-state index >= 15 is 0 Å². The zero-order valence-corrected chi connectivity index (χ0v) is 9.60. The van der Waals surface area contributed by atoms with E-state index in [-0.39, 0.29) is 0 Å². The van der Waals surface area contributed by atoms with Crippen LogP contribution in [0.15, 0.2) is 42.6 Å². The molecule has 1 aromatic heterocycles. The molecule has 0 spiro atoms. The van der Waals surface area contributed by atoms with Crippen molar-refractivity contribution in [2.75, 3.05) is 6.61 Å². The topological polar surface area (TPSA) is 22.1 Å². The molecular formula is C14H15NO. The minimum absolute atomic E-state index is 0.690. The molecule has 0 unspecified atom stereocenters. The van der Waals surface area contributed by atoms with E-state index in [1.54, 1.807) is 0 Å². The van der Waals surface area contributed by atoms with E-state index in [0.717, 1.165) is 22.6 Å². The van der Waals surface area contributed by atoms with Gasteiger partial charge in [0.05, 0.1) is 6.61 Å². The van der Waals surface area contributed by atoms with Crippen molar-refractivity contribution in [1.82, 2.24) is 4.98 Å². The van der Waals surface area contributed by atoms with Gasteiger partial charge in [-0.15, -0.1) is 0 Å². The summed E-state index contributed by atoms with van der Waals surface area (Å²) in [5, 5.41) is 0. The third kappa shape index (κ3) is 2.40. The Balaban J connectivity index is 2.32. The van der Waals surface area contributed by atoms with Crippen LogP contribution in [0.4, 0.5) is 0 Å². The summed E-state index contributed by atoms with van der Waals surface area (Å²) in [5.74, 6) is 0.903. The number of aromatic nitrogens is 1. The van der Waals surface area contributed by atoms with Crippen molar-refractivity contribution in [3.05, 3.63) is 48.3 Å². The Kier molecular flexibility index (Phi) is 3.20. The van der Waals surface area contributed by atoms with Crippen molar-refractivity contribution in [2.45, 2.75) is 13.8 Å². The molecule has 0 saturated carbocycles. The maximum Gasteiger partial charge on any atom is 0.119 e. The summed E-state index contributed by atoms with van der Waals surface area (Å²) in [6, 6.07) is 12.2. The largest absolute Gasteiger partial charge is 0.494 e. The van der Waals surface area contributed by atoms with E-state index in [1.807, 2.05) is 44.3 Å². The molecule has 0 bridgehead atoms. The Labute approximate surface area is 95.9 Å². The van der Waals surface area contributed by atoms with Gasteiger partial charge in [-0.2, -0.15) is 0 Å². The van der Waals surface area contributed by atoms with Crippen LogP contribution in [0.25, 0.3) is 11.1 Å². The second-order valence-corrected chi connectivity index (χ2v) is 3.65. The van der Waals surface area contributed by atoms with Gasteiger partial charge in [0.1, 0.15) is 5.75 Å². The predicted octanol–water partition coefficient (Wildman–Crippen LogP) is 3.46. The van der Waals surface area contributed by atoms with E-state index in [1.165, 1.54) is 0 Å². The molecule has 0 fully saturated rings. The van der Waals surface area contributed by atoms with Gasteiger partial charge in [-0.25, -0.2) is 0 Å². The van der Waals surface area contributed by atoms with Gasteiger partial charge in [0, 0.05) is 17.5 Å². The SMILES string of the molecule is CCOc1cccc(-c2ccc(C)nc2)c1. The first-order chi connectivity index (χ1) is 7.79. The maximum atomic E-state index is 5.47. The summed E-state index contributed by atoms with van der Waals surface area (Å²) in [6.07, 6.45) is 1.89. The number of ether oxygens (including phenoxy) is 1. The number of hydrogen-bond acceptors (Lipinski definition) is 2. The van der Waals surface area contributed by atoms with Gasteiger partial charge in [-0.05, 0) is 37.6 Å². The van der Waals surface area contributed by atoms with Gasteiger partial charge in [0.2, 0.25) is 0 Å². The van der Waals surface area contributed by atoms with E-state index in [9.17, 15) is 0 Å². The fourth-order valence-corrected chi connectivity index (χ4v) is 1.57. The van der Waals surface area contributed by atoms with Crippen molar-refractivity contribution in [3.8, 4) is 16.9 Å². The second-order valence-electron chi connectivity index (χ2n) is 3.65. The van der Waals surface area contributed by atoms with Gasteiger partial charge in [0.15, 0.2) is 0 Å². The Hall–Kier alpha value is -1.83. The second kappa shape index (κ2) is 4.79. The molecule has 0 aliphatic carbocycles. The van der Waals surface area contributed by atoms with Crippen LogP contribution in [0.5, 0.6) is 5.75 Å². The summed E-state index contributed by atoms with van der Waals surface area (Å²) < 4.78 is 5.47. The molecule has 0 radical (unpaired) electrons. The van der Waals surface area contributed by atoms with Gasteiger partial charge < -0.3 is 4.74 Å². The normalized spacial score (nSPS) is 10.1. The zero-order valence-electron chi connectivity index (χ0n) is 9.60. The van der Waals surface area contributed by atoms with Crippen molar-refractivity contribution >= 4 is 0 Å². The van der Waals surface area contributed by atoms with Crippen LogP contribution in [0.3, 0.4) is 0 Å². The lowest BCUT2D eigenvalue weighted by Gasteiger charge is -2.06. The Bertz CT molecular complexity index is 462. The predicted molar refractivity (Wildman–Crippen MR) is 65.6 cm³/mol. The van der Waals surface area contributed by atoms with Gasteiger partial charge in [-0.1, -0.05) is 18.2 Å². The quantitative estimate of drug-likeness (QED) is 0.779. The summed E-state index contributed by atoms with van der Waals surface area (Å²) in [6.45, 7) is 4.66. The molecule has 0 atom stereocenters. The molecule has 2 heteroatoms. The Morgan fingerprint density at radius 3 is 2.69 bits per heavy atom. The Morgan fingerprint density at radius 2 is 2.00 bits per heavy atom. The van der Waals surface area contributed by atoms with Crippen LogP contribution >= 0.6 is 0 Å². The first-order valence-corrected chi connectivity index (χ1v) is 5.45. The highest BCUT2D eigenvalue weighted by Crippen LogP contribution is 2.23. The van der Waals surface area contributed by atoms with Crippen LogP contribution in [0.2, 0.25) is 0 Å². The van der Waals surface area contributed by atoms with E-state index in [2.05, 4.69) is 17.1 Å². The number of hydrogen-bond donors (Lipinski definition) is 0. The molecular weight excluding hydrogens is 198 g/mol. The number of nitrogens with zero attached hydrogens (tertiary/aromatic N) is 1. The van der Waals surface area contributed by atoms with Crippen LogP contribution < -0.4 is 4.74 Å². The molecule has 82 valence electrons. The number of aryl methyl sites for hydroxylation is 1. The molecule has 0 saturated heterocycles. The first-order valence-electron chi connectivity index (χ1n) is 5.45. The van der Waals surface area contributed by atoms with Gasteiger partial charge in [0.25, 0.3) is 0 Å². The minimum Gasteiger partial charge on any atom is -0.494 e. The minimum atomic E-state index is 0.690. The molecule has 1 heterocycles. The molecule has 0 amide bonds. The highest BCUT2D eigenvalue weighted by molar-refractivity contribution is 5.64. The van der Waals surface area contributed by atoms with Crippen LogP contribution in [0, 0.1) is 6.92 Å². The smallest absolute Gasteiger partial charge is 0.119 e. The molecule has 16 heavy (non-hydrogen) atoms. The number of benzene rings is 1. The molecule has 2 nitrogen and oxygen atoms in total. The molecule has 2 aromatic rings. The monoisotopic (exact) mass is 213 g/mol. The lowest BCUT2D eigenvalue weighted by atomic mass is 10.1. The van der Waals surface area contributed by atoms with Crippen LogP contribution in [-0.2, 0) is 0 Å². The summed E-state index contributed by atoms with van der Waals surface area (Å²) in [4.78, 5) is 4.29. The fourth-order valence-electron chi connectivity index (χ4n) is 1.57. The third-order valence-corrected chi connectivity index (χ3v) is 2.39. The average Bonchev–Trinajstić information content (AvgIpc) is 2.31. The van der Waals surface area contributed by atoms with Crippen molar-refractivity contribution in [3.63, 3.8) is 0 Å².